The summed E-state index contributed by atoms with van der Waals surface area (Å²) < 4.78 is 12.9. The summed E-state index contributed by atoms with van der Waals surface area (Å²) in [6.07, 6.45) is 4.87. The molecule has 49 heavy (non-hydrogen) atoms. The van der Waals surface area contributed by atoms with Crippen molar-refractivity contribution in [2.75, 3.05) is 0 Å². The van der Waals surface area contributed by atoms with E-state index in [1.807, 2.05) is 48.8 Å². The number of rotatable bonds is 3. The number of pyridine rings is 2. The molecular weight excluding hydrogens is 780 g/mol. The van der Waals surface area contributed by atoms with Crippen molar-refractivity contribution in [2.24, 2.45) is 5.41 Å². The van der Waals surface area contributed by atoms with E-state index in [0.717, 1.165) is 68.3 Å². The first-order chi connectivity index (χ1) is 23.1. The first kappa shape index (κ1) is 34.4. The summed E-state index contributed by atoms with van der Waals surface area (Å²) in [5, 5.41) is 0. The maximum atomic E-state index is 6.54. The fourth-order valence-corrected chi connectivity index (χ4v) is 6.41. The first-order valence-corrected chi connectivity index (χ1v) is 16.6. The molecule has 2 aromatic heterocycles. The molecule has 6 aromatic rings. The molecule has 4 heterocycles. The molecule has 1 radical (unpaired) electrons. The van der Waals surface area contributed by atoms with Gasteiger partial charge >= 0.3 is 0 Å². The summed E-state index contributed by atoms with van der Waals surface area (Å²) in [6, 6.07) is 35.6. The van der Waals surface area contributed by atoms with Gasteiger partial charge in [-0.05, 0) is 78.2 Å². The minimum absolute atomic E-state index is 0. The van der Waals surface area contributed by atoms with Crippen LogP contribution in [-0.4, -0.2) is 16.7 Å². The van der Waals surface area contributed by atoms with Crippen molar-refractivity contribution in [1.29, 1.82) is 0 Å². The van der Waals surface area contributed by atoms with Gasteiger partial charge in [0, 0.05) is 44.0 Å². The van der Waals surface area contributed by atoms with E-state index in [0.29, 0.717) is 0 Å². The smallest absolute Gasteiger partial charge is 0.239 e. The number of hydrogen-bond acceptors (Lipinski definition) is 4. The van der Waals surface area contributed by atoms with Crippen LogP contribution in [0.4, 0.5) is 0 Å². The van der Waals surface area contributed by atoms with Crippen molar-refractivity contribution in [1.82, 2.24) is 9.97 Å². The molecule has 0 saturated carbocycles. The second kappa shape index (κ2) is 13.8. The van der Waals surface area contributed by atoms with Crippen molar-refractivity contribution in [3.05, 3.63) is 137 Å². The van der Waals surface area contributed by atoms with Crippen LogP contribution in [0.3, 0.4) is 0 Å². The number of ether oxygens (including phenoxy) is 2. The Balaban J connectivity index is 0.000000220. The summed E-state index contributed by atoms with van der Waals surface area (Å²) in [7, 11) is 0. The normalized spacial score (nSPS) is 12.2. The van der Waals surface area contributed by atoms with Crippen molar-refractivity contribution >= 4 is 23.1 Å². The van der Waals surface area contributed by atoms with Gasteiger partial charge in [-0.2, -0.15) is 0 Å². The molecule has 0 fully saturated rings. The van der Waals surface area contributed by atoms with Crippen LogP contribution in [0, 0.1) is 45.2 Å². The third-order valence-corrected chi connectivity index (χ3v) is 9.07. The van der Waals surface area contributed by atoms with Crippen LogP contribution in [-0.2, 0) is 26.5 Å². The van der Waals surface area contributed by atoms with E-state index in [4.69, 9.17) is 14.5 Å². The van der Waals surface area contributed by atoms with Crippen LogP contribution in [0.15, 0.2) is 97.3 Å². The van der Waals surface area contributed by atoms with E-state index >= 15 is 0 Å². The average Bonchev–Trinajstić information content (AvgIpc) is 3.07. The van der Waals surface area contributed by atoms with Gasteiger partial charge < -0.3 is 19.4 Å². The maximum absolute atomic E-state index is 6.54. The van der Waals surface area contributed by atoms with Gasteiger partial charge in [0.05, 0.1) is 0 Å². The molecule has 0 bridgehead atoms. The van der Waals surface area contributed by atoms with Crippen molar-refractivity contribution < 1.29 is 29.6 Å². The zero-order chi connectivity index (χ0) is 33.6. The molecule has 0 atom stereocenters. The second-order valence-corrected chi connectivity index (χ2v) is 14.2. The predicted molar refractivity (Wildman–Crippen MR) is 197 cm³/mol. The number of fused-ring (bicyclic) bond motifs is 4. The number of hydrogen-bond donors (Lipinski definition) is 0. The van der Waals surface area contributed by atoms with E-state index < -0.39 is 0 Å². The van der Waals surface area contributed by atoms with Gasteiger partial charge in [-0.15, -0.1) is 47.5 Å². The standard InChI is InChI=1S/C29H25BNO2.C14H14N.Ir/c1-18-17-31-23(15-19(18)16-29(2,3)4)20-13-14-26-27-28(20)33-25-12-8-6-10-22(25)30(27)21-9-5-7-11-24(21)32-26;1-10-4-6-13(7-5-10)14-8-11(2)12(3)9-15-14;/h5-12,14-15,17H,16H2,1-4H3;4-6,8-9H,1-3H3;/q2*-1;. The predicted octanol–water partition coefficient (Wildman–Crippen LogP) is 8.64. The average molecular weight is 819 g/mol. The number of para-hydroxylation sites is 2. The van der Waals surface area contributed by atoms with Crippen LogP contribution < -0.4 is 25.9 Å². The third kappa shape index (κ3) is 6.99. The molecule has 0 unspecified atom stereocenters. The summed E-state index contributed by atoms with van der Waals surface area (Å²) in [4.78, 5) is 9.20. The quantitative estimate of drug-likeness (QED) is 0.132. The van der Waals surface area contributed by atoms with E-state index in [-0.39, 0.29) is 32.2 Å². The molecule has 0 saturated heterocycles. The Hall–Kier alpha value is -4.51. The minimum Gasteiger partial charge on any atom is -0.503 e. The van der Waals surface area contributed by atoms with Gasteiger partial charge in [-0.3, -0.25) is 0 Å². The molecule has 0 amide bonds. The Bertz CT molecular complexity index is 2140. The molecular formula is C43H39BIrN2O2-2. The summed E-state index contributed by atoms with van der Waals surface area (Å²) in [5.74, 6) is 3.36. The molecule has 6 heteroatoms. The Morgan fingerprint density at radius 3 is 1.98 bits per heavy atom. The molecule has 4 nitrogen and oxygen atoms in total. The fraction of sp³-hybridized carbons (Fsp3) is 0.209. The summed E-state index contributed by atoms with van der Waals surface area (Å²) in [5.41, 5.74) is 13.6. The Morgan fingerprint density at radius 1 is 0.673 bits per heavy atom. The molecule has 2 aliphatic heterocycles. The SMILES string of the molecule is Cc1c[c-]c(-c2cc(C)c(C)cn2)cc1.Cc1cnc(-c2[c-]cc3c4c2Oc2ccccc2B4c2ccccc2O3)cc1CC(C)(C)C.[Ir]. The van der Waals surface area contributed by atoms with Crippen molar-refractivity contribution in [3.8, 4) is 45.5 Å². The summed E-state index contributed by atoms with van der Waals surface area (Å²) >= 11 is 0. The van der Waals surface area contributed by atoms with Crippen LogP contribution in [0.25, 0.3) is 22.5 Å². The Morgan fingerprint density at radius 2 is 1.33 bits per heavy atom. The minimum atomic E-state index is 0. The van der Waals surface area contributed by atoms with Crippen LogP contribution in [0.2, 0.25) is 0 Å². The van der Waals surface area contributed by atoms with E-state index in [1.54, 1.807) is 0 Å². The van der Waals surface area contributed by atoms with Gasteiger partial charge in [-0.1, -0.05) is 98.4 Å². The second-order valence-electron chi connectivity index (χ2n) is 14.2. The monoisotopic (exact) mass is 819 g/mol. The van der Waals surface area contributed by atoms with Crippen molar-refractivity contribution in [3.63, 3.8) is 0 Å². The molecule has 0 aliphatic carbocycles. The van der Waals surface area contributed by atoms with Gasteiger partial charge in [-0.25, -0.2) is 0 Å². The van der Waals surface area contributed by atoms with Gasteiger partial charge in [0.1, 0.15) is 11.5 Å². The zero-order valence-corrected chi connectivity index (χ0v) is 31.5. The molecule has 0 spiro atoms. The van der Waals surface area contributed by atoms with Gasteiger partial charge in [0.15, 0.2) is 0 Å². The molecule has 2 aliphatic rings. The van der Waals surface area contributed by atoms with E-state index in [1.165, 1.54) is 27.8 Å². The Kier molecular flexibility index (Phi) is 9.66. The first-order valence-electron chi connectivity index (χ1n) is 16.6. The number of aromatic nitrogens is 2. The van der Waals surface area contributed by atoms with Crippen LogP contribution in [0.5, 0.6) is 23.0 Å². The topological polar surface area (TPSA) is 44.2 Å². The van der Waals surface area contributed by atoms with E-state index in [2.05, 4.69) is 114 Å². The van der Waals surface area contributed by atoms with Gasteiger partial charge in [0.25, 0.3) is 0 Å². The van der Waals surface area contributed by atoms with Crippen LogP contribution >= 0.6 is 0 Å². The summed E-state index contributed by atoms with van der Waals surface area (Å²) in [6.45, 7) is 15.2. The molecule has 247 valence electrons. The number of nitrogens with zero attached hydrogens (tertiary/aromatic N) is 2. The maximum Gasteiger partial charge on any atom is 0.239 e. The zero-order valence-electron chi connectivity index (χ0n) is 29.1. The third-order valence-electron chi connectivity index (χ3n) is 9.07. The molecule has 8 rings (SSSR count). The Labute approximate surface area is 304 Å². The van der Waals surface area contributed by atoms with E-state index in [9.17, 15) is 0 Å². The number of benzene rings is 4. The van der Waals surface area contributed by atoms with Crippen molar-refractivity contribution in [2.45, 2.75) is 54.9 Å². The number of aryl methyl sites for hydroxylation is 4. The van der Waals surface area contributed by atoms with Gasteiger partial charge in [0.2, 0.25) is 6.71 Å². The largest absolute Gasteiger partial charge is 0.503 e. The molecule has 4 aromatic carbocycles. The van der Waals surface area contributed by atoms with Crippen LogP contribution in [0.1, 0.15) is 48.6 Å². The fourth-order valence-electron chi connectivity index (χ4n) is 6.41. The molecule has 0 N–H and O–H groups in total.